The lowest BCUT2D eigenvalue weighted by molar-refractivity contribution is 0.572. The first-order chi connectivity index (χ1) is 7.22. The Balaban J connectivity index is 4.11. The van der Waals surface area contributed by atoms with Crippen LogP contribution in [0.2, 0.25) is 0 Å². The van der Waals surface area contributed by atoms with Crippen LogP contribution in [-0.4, -0.2) is 46.4 Å². The van der Waals surface area contributed by atoms with Crippen LogP contribution >= 0.6 is 0 Å². The maximum atomic E-state index is 11.5. The number of hydrogen-bond donors (Lipinski definition) is 1. The highest BCUT2D eigenvalue weighted by molar-refractivity contribution is 7.92. The Hall–Kier alpha value is -0.140. The highest BCUT2D eigenvalue weighted by Gasteiger charge is 2.16. The quantitative estimate of drug-likeness (QED) is 0.661. The second-order valence-corrected chi connectivity index (χ2v) is 8.75. The third-order valence-electron chi connectivity index (χ3n) is 2.29. The zero-order valence-electron chi connectivity index (χ0n) is 9.85. The van der Waals surface area contributed by atoms with Crippen LogP contribution in [0.3, 0.4) is 0 Å². The van der Waals surface area contributed by atoms with Crippen molar-refractivity contribution in [2.24, 2.45) is 11.7 Å². The summed E-state index contributed by atoms with van der Waals surface area (Å²) in [5.74, 6) is -0.106. The van der Waals surface area contributed by atoms with E-state index < -0.39 is 19.7 Å². The Morgan fingerprint density at radius 3 is 2.00 bits per heavy atom. The molecule has 0 aliphatic heterocycles. The van der Waals surface area contributed by atoms with Gasteiger partial charge in [0.15, 0.2) is 9.84 Å². The molecule has 0 saturated carbocycles. The minimum absolute atomic E-state index is 0.0374. The topological polar surface area (TPSA) is 94.3 Å². The van der Waals surface area contributed by atoms with Gasteiger partial charge in [-0.1, -0.05) is 13.8 Å². The van der Waals surface area contributed by atoms with Gasteiger partial charge in [0.1, 0.15) is 9.84 Å². The van der Waals surface area contributed by atoms with Crippen molar-refractivity contribution in [1.29, 1.82) is 0 Å². The van der Waals surface area contributed by atoms with Gasteiger partial charge in [-0.3, -0.25) is 0 Å². The first kappa shape index (κ1) is 15.9. The molecule has 0 aromatic rings. The Morgan fingerprint density at radius 2 is 1.56 bits per heavy atom. The molecule has 5 nitrogen and oxygen atoms in total. The molecule has 7 heteroatoms. The molecule has 0 radical (unpaired) electrons. The molecule has 0 aromatic carbocycles. The lowest BCUT2D eigenvalue weighted by atomic mass is 10.2. The van der Waals surface area contributed by atoms with Crippen LogP contribution in [0.25, 0.3) is 0 Å². The minimum Gasteiger partial charge on any atom is -0.330 e. The van der Waals surface area contributed by atoms with E-state index in [9.17, 15) is 16.8 Å². The second kappa shape index (κ2) is 6.56. The van der Waals surface area contributed by atoms with E-state index in [1.807, 2.05) is 0 Å². The van der Waals surface area contributed by atoms with E-state index in [0.717, 1.165) is 0 Å². The van der Waals surface area contributed by atoms with Gasteiger partial charge in [-0.25, -0.2) is 16.8 Å². The van der Waals surface area contributed by atoms with Crippen LogP contribution in [0.15, 0.2) is 0 Å². The van der Waals surface area contributed by atoms with E-state index in [2.05, 4.69) is 0 Å². The fraction of sp³-hybridized carbons (Fsp3) is 1.00. The van der Waals surface area contributed by atoms with Gasteiger partial charge >= 0.3 is 0 Å². The van der Waals surface area contributed by atoms with Gasteiger partial charge < -0.3 is 5.73 Å². The van der Waals surface area contributed by atoms with Crippen LogP contribution in [0, 0.1) is 5.92 Å². The summed E-state index contributed by atoms with van der Waals surface area (Å²) in [5, 5.41) is 0. The maximum absolute atomic E-state index is 11.5. The summed E-state index contributed by atoms with van der Waals surface area (Å²) in [6.07, 6.45) is 0.176. The van der Waals surface area contributed by atoms with Crippen molar-refractivity contribution in [1.82, 2.24) is 0 Å². The molecule has 0 rings (SSSR count). The van der Waals surface area contributed by atoms with Gasteiger partial charge in [-0.05, 0) is 18.9 Å². The number of sulfone groups is 2. The highest BCUT2D eigenvalue weighted by atomic mass is 32.2. The second-order valence-electron chi connectivity index (χ2n) is 4.05. The van der Waals surface area contributed by atoms with Gasteiger partial charge in [0.25, 0.3) is 0 Å². The standard InChI is InChI=1S/C9H21NO4S2/c1-3-15(11,12)5-4-6-16(13,14)8-9(2)7-10/h9H,3-8,10H2,1-2H3. The molecular formula is C9H21NO4S2. The maximum Gasteiger partial charge on any atom is 0.150 e. The van der Waals surface area contributed by atoms with Crippen molar-refractivity contribution in [3.63, 3.8) is 0 Å². The van der Waals surface area contributed by atoms with E-state index in [1.165, 1.54) is 0 Å². The van der Waals surface area contributed by atoms with E-state index in [4.69, 9.17) is 5.73 Å². The first-order valence-corrected chi connectivity index (χ1v) is 8.97. The molecule has 0 aromatic heterocycles. The minimum atomic E-state index is -3.17. The van der Waals surface area contributed by atoms with Gasteiger partial charge in [0, 0.05) is 5.75 Å². The summed E-state index contributed by atoms with van der Waals surface area (Å²) in [5.41, 5.74) is 5.34. The van der Waals surface area contributed by atoms with Crippen molar-refractivity contribution in [3.05, 3.63) is 0 Å². The summed E-state index contributed by atoms with van der Waals surface area (Å²) in [6.45, 7) is 3.65. The van der Waals surface area contributed by atoms with E-state index in [0.29, 0.717) is 6.54 Å². The normalized spacial score (nSPS) is 14.9. The van der Waals surface area contributed by atoms with Gasteiger partial charge in [-0.15, -0.1) is 0 Å². The summed E-state index contributed by atoms with van der Waals surface area (Å²) < 4.78 is 45.3. The van der Waals surface area contributed by atoms with Crippen molar-refractivity contribution in [3.8, 4) is 0 Å². The van der Waals surface area contributed by atoms with Crippen molar-refractivity contribution in [2.75, 3.05) is 29.6 Å². The average Bonchev–Trinajstić information content (AvgIpc) is 2.16. The van der Waals surface area contributed by atoms with Crippen molar-refractivity contribution < 1.29 is 16.8 Å². The van der Waals surface area contributed by atoms with E-state index in [1.54, 1.807) is 13.8 Å². The molecule has 1 atom stereocenters. The molecular weight excluding hydrogens is 250 g/mol. The zero-order chi connectivity index (χ0) is 12.8. The Bertz CT molecular complexity index is 386. The fourth-order valence-corrected chi connectivity index (χ4v) is 4.04. The Morgan fingerprint density at radius 1 is 1.06 bits per heavy atom. The van der Waals surface area contributed by atoms with Crippen molar-refractivity contribution in [2.45, 2.75) is 20.3 Å². The third-order valence-corrected chi connectivity index (χ3v) is 6.07. The molecule has 2 N–H and O–H groups in total. The van der Waals surface area contributed by atoms with E-state index >= 15 is 0 Å². The number of nitrogens with two attached hydrogens (primary N) is 1. The number of rotatable bonds is 8. The fourth-order valence-electron chi connectivity index (χ4n) is 1.23. The zero-order valence-corrected chi connectivity index (χ0v) is 11.5. The molecule has 0 heterocycles. The predicted molar refractivity (Wildman–Crippen MR) is 65.8 cm³/mol. The summed E-state index contributed by atoms with van der Waals surface area (Å²) in [6, 6.07) is 0. The third kappa shape index (κ3) is 7.19. The van der Waals surface area contributed by atoms with E-state index in [-0.39, 0.29) is 35.4 Å². The molecule has 0 aliphatic carbocycles. The van der Waals surface area contributed by atoms with Crippen LogP contribution in [0.4, 0.5) is 0 Å². The van der Waals surface area contributed by atoms with Crippen molar-refractivity contribution >= 4 is 19.7 Å². The lowest BCUT2D eigenvalue weighted by Gasteiger charge is -2.09. The summed E-state index contributed by atoms with van der Waals surface area (Å²) >= 11 is 0. The largest absolute Gasteiger partial charge is 0.330 e. The van der Waals surface area contributed by atoms with Gasteiger partial charge in [0.05, 0.1) is 17.3 Å². The molecule has 0 fully saturated rings. The molecule has 0 spiro atoms. The highest BCUT2D eigenvalue weighted by Crippen LogP contribution is 2.03. The molecule has 0 aliphatic rings. The van der Waals surface area contributed by atoms with Crippen LogP contribution in [0.1, 0.15) is 20.3 Å². The first-order valence-electron chi connectivity index (χ1n) is 5.33. The smallest absolute Gasteiger partial charge is 0.150 e. The average molecular weight is 271 g/mol. The molecule has 98 valence electrons. The SMILES string of the molecule is CCS(=O)(=O)CCCS(=O)(=O)CC(C)CN. The Kier molecular flexibility index (Phi) is 6.50. The van der Waals surface area contributed by atoms with Crippen LogP contribution in [0.5, 0.6) is 0 Å². The Labute approximate surface area is 98.2 Å². The lowest BCUT2D eigenvalue weighted by Crippen LogP contribution is -2.24. The number of hydrogen-bond acceptors (Lipinski definition) is 5. The predicted octanol–water partition coefficient (Wildman–Crippen LogP) is -0.179. The monoisotopic (exact) mass is 271 g/mol. The molecule has 1 unspecified atom stereocenters. The van der Waals surface area contributed by atoms with Crippen LogP contribution in [-0.2, 0) is 19.7 Å². The molecule has 16 heavy (non-hydrogen) atoms. The summed E-state index contributed by atoms with van der Waals surface area (Å²) in [7, 11) is -6.23. The molecule has 0 saturated heterocycles. The van der Waals surface area contributed by atoms with Crippen LogP contribution < -0.4 is 5.73 Å². The molecule has 0 amide bonds. The summed E-state index contributed by atoms with van der Waals surface area (Å²) in [4.78, 5) is 0. The van der Waals surface area contributed by atoms with Gasteiger partial charge in [-0.2, -0.15) is 0 Å². The van der Waals surface area contributed by atoms with Gasteiger partial charge in [0.2, 0.25) is 0 Å². The molecule has 0 bridgehead atoms.